The maximum Gasteiger partial charge on any atom is 0.0453 e. The lowest BCUT2D eigenvalue weighted by Gasteiger charge is -2.39. The van der Waals surface area contributed by atoms with Gasteiger partial charge in [0, 0.05) is 41.8 Å². The maximum absolute atomic E-state index is 6.25. The second kappa shape index (κ2) is 7.77. The molecule has 3 N–H and O–H groups in total. The van der Waals surface area contributed by atoms with Crippen LogP contribution in [0.1, 0.15) is 12.0 Å². The number of nitrogens with one attached hydrogen (secondary N) is 1. The molecular weight excluding hydrogens is 307 g/mol. The first-order chi connectivity index (χ1) is 10.0. The molecule has 0 saturated carbocycles. The van der Waals surface area contributed by atoms with Gasteiger partial charge in [0.05, 0.1) is 0 Å². The van der Waals surface area contributed by atoms with Gasteiger partial charge in [0.25, 0.3) is 0 Å². The molecule has 0 spiro atoms. The first kappa shape index (κ1) is 17.0. The Morgan fingerprint density at radius 1 is 1.29 bits per heavy atom. The zero-order chi connectivity index (χ0) is 15.4. The minimum Gasteiger partial charge on any atom is -0.304 e. The van der Waals surface area contributed by atoms with Crippen molar-refractivity contribution in [3.05, 3.63) is 33.8 Å². The standard InChI is InChI=1S/C15H24Cl2N4/c1-20-6-7-21(2)12(10-20)8-11(19-18)9-13-14(16)4-3-5-15(13)17/h3-5,11-12,19H,6-10,18H2,1-2H3. The van der Waals surface area contributed by atoms with E-state index in [9.17, 15) is 0 Å². The molecule has 21 heavy (non-hydrogen) atoms. The molecule has 1 heterocycles. The topological polar surface area (TPSA) is 44.5 Å². The number of benzene rings is 1. The first-order valence-electron chi connectivity index (χ1n) is 7.29. The fraction of sp³-hybridized carbons (Fsp3) is 0.600. The van der Waals surface area contributed by atoms with E-state index in [-0.39, 0.29) is 6.04 Å². The molecule has 1 aromatic rings. The van der Waals surface area contributed by atoms with Gasteiger partial charge in [0.2, 0.25) is 0 Å². The predicted molar refractivity (Wildman–Crippen MR) is 89.8 cm³/mol. The molecule has 0 bridgehead atoms. The molecule has 1 aromatic carbocycles. The average Bonchev–Trinajstić information content (AvgIpc) is 2.45. The Bertz CT molecular complexity index is 449. The molecule has 1 aliphatic heterocycles. The summed E-state index contributed by atoms with van der Waals surface area (Å²) < 4.78 is 0. The summed E-state index contributed by atoms with van der Waals surface area (Å²) in [6.45, 7) is 3.26. The van der Waals surface area contributed by atoms with E-state index in [0.29, 0.717) is 16.1 Å². The molecule has 2 atom stereocenters. The van der Waals surface area contributed by atoms with E-state index in [0.717, 1.165) is 38.0 Å². The van der Waals surface area contributed by atoms with Crippen LogP contribution in [-0.2, 0) is 6.42 Å². The highest BCUT2D eigenvalue weighted by molar-refractivity contribution is 6.36. The number of hydrogen-bond acceptors (Lipinski definition) is 4. The van der Waals surface area contributed by atoms with Crippen LogP contribution < -0.4 is 11.3 Å². The third kappa shape index (κ3) is 4.55. The molecule has 4 nitrogen and oxygen atoms in total. The Labute approximate surface area is 137 Å². The van der Waals surface area contributed by atoms with Crippen LogP contribution in [-0.4, -0.2) is 55.6 Å². The lowest BCUT2D eigenvalue weighted by atomic mass is 9.97. The minimum atomic E-state index is 0.154. The molecule has 0 radical (unpaired) electrons. The highest BCUT2D eigenvalue weighted by Crippen LogP contribution is 2.26. The van der Waals surface area contributed by atoms with Crippen LogP contribution >= 0.6 is 23.2 Å². The van der Waals surface area contributed by atoms with Gasteiger partial charge in [-0.1, -0.05) is 29.3 Å². The van der Waals surface area contributed by atoms with Gasteiger partial charge in [0.1, 0.15) is 0 Å². The summed E-state index contributed by atoms with van der Waals surface area (Å²) in [5.41, 5.74) is 3.89. The SMILES string of the molecule is CN1CCN(C)C(CC(Cc2c(Cl)cccc2Cl)NN)C1. The van der Waals surface area contributed by atoms with Gasteiger partial charge in [-0.3, -0.25) is 11.3 Å². The summed E-state index contributed by atoms with van der Waals surface area (Å²) in [4.78, 5) is 4.76. The minimum absolute atomic E-state index is 0.154. The van der Waals surface area contributed by atoms with E-state index in [1.165, 1.54) is 0 Å². The highest BCUT2D eigenvalue weighted by Gasteiger charge is 2.25. The Kier molecular flexibility index (Phi) is 6.29. The average molecular weight is 331 g/mol. The van der Waals surface area contributed by atoms with Crippen molar-refractivity contribution in [2.75, 3.05) is 33.7 Å². The zero-order valence-corrected chi connectivity index (χ0v) is 14.2. The number of nitrogens with two attached hydrogens (primary N) is 1. The van der Waals surface area contributed by atoms with Gasteiger partial charge in [-0.2, -0.15) is 0 Å². The largest absolute Gasteiger partial charge is 0.304 e. The first-order valence-corrected chi connectivity index (χ1v) is 8.04. The van der Waals surface area contributed by atoms with E-state index in [1.54, 1.807) is 0 Å². The molecule has 1 fully saturated rings. The van der Waals surface area contributed by atoms with E-state index in [4.69, 9.17) is 29.0 Å². The second-order valence-electron chi connectivity index (χ2n) is 5.90. The number of rotatable bonds is 5. The summed E-state index contributed by atoms with van der Waals surface area (Å²) in [5.74, 6) is 5.75. The number of hydrazine groups is 1. The summed E-state index contributed by atoms with van der Waals surface area (Å²) in [5, 5.41) is 1.41. The summed E-state index contributed by atoms with van der Waals surface area (Å²) in [6.07, 6.45) is 1.71. The lowest BCUT2D eigenvalue weighted by molar-refractivity contribution is 0.101. The molecule has 0 aliphatic carbocycles. The normalized spacial score (nSPS) is 22.4. The van der Waals surface area contributed by atoms with Crippen molar-refractivity contribution < 1.29 is 0 Å². The fourth-order valence-electron chi connectivity index (χ4n) is 2.87. The Hall–Kier alpha value is -0.360. The van der Waals surface area contributed by atoms with Crippen molar-refractivity contribution in [1.29, 1.82) is 0 Å². The van der Waals surface area contributed by atoms with Crippen molar-refractivity contribution >= 4 is 23.2 Å². The van der Waals surface area contributed by atoms with Crippen LogP contribution in [0, 0.1) is 0 Å². The Balaban J connectivity index is 2.03. The van der Waals surface area contributed by atoms with Crippen molar-refractivity contribution in [2.45, 2.75) is 24.9 Å². The lowest BCUT2D eigenvalue weighted by Crippen LogP contribution is -2.53. The number of likely N-dealkylation sites (N-methyl/N-ethyl adjacent to an activating group) is 2. The fourth-order valence-corrected chi connectivity index (χ4v) is 3.42. The van der Waals surface area contributed by atoms with E-state index < -0.39 is 0 Å². The van der Waals surface area contributed by atoms with Crippen molar-refractivity contribution in [2.24, 2.45) is 5.84 Å². The van der Waals surface area contributed by atoms with Crippen molar-refractivity contribution in [3.8, 4) is 0 Å². The molecule has 0 aromatic heterocycles. The zero-order valence-electron chi connectivity index (χ0n) is 12.6. The second-order valence-corrected chi connectivity index (χ2v) is 6.71. The Morgan fingerprint density at radius 2 is 1.95 bits per heavy atom. The van der Waals surface area contributed by atoms with Gasteiger partial charge in [-0.15, -0.1) is 0 Å². The van der Waals surface area contributed by atoms with E-state index in [1.807, 2.05) is 18.2 Å². The Morgan fingerprint density at radius 3 is 2.57 bits per heavy atom. The van der Waals surface area contributed by atoms with Gasteiger partial charge in [-0.25, -0.2) is 0 Å². The monoisotopic (exact) mass is 330 g/mol. The molecule has 118 valence electrons. The van der Waals surface area contributed by atoms with Gasteiger partial charge in [-0.05, 0) is 44.6 Å². The molecule has 0 amide bonds. The molecule has 2 unspecified atom stereocenters. The molecule has 2 rings (SSSR count). The van der Waals surface area contributed by atoms with Crippen molar-refractivity contribution in [3.63, 3.8) is 0 Å². The third-order valence-electron chi connectivity index (χ3n) is 4.28. The van der Waals surface area contributed by atoms with Gasteiger partial charge < -0.3 is 9.80 Å². The number of nitrogens with zero attached hydrogens (tertiary/aromatic N) is 2. The van der Waals surface area contributed by atoms with Crippen LogP contribution in [0.25, 0.3) is 0 Å². The molecule has 6 heteroatoms. The van der Waals surface area contributed by atoms with Crippen LogP contribution in [0.4, 0.5) is 0 Å². The summed E-state index contributed by atoms with van der Waals surface area (Å²) >= 11 is 12.5. The third-order valence-corrected chi connectivity index (χ3v) is 4.99. The van der Waals surface area contributed by atoms with Crippen LogP contribution in [0.3, 0.4) is 0 Å². The van der Waals surface area contributed by atoms with E-state index >= 15 is 0 Å². The van der Waals surface area contributed by atoms with E-state index in [2.05, 4.69) is 29.3 Å². The summed E-state index contributed by atoms with van der Waals surface area (Å²) in [7, 11) is 4.34. The van der Waals surface area contributed by atoms with Crippen LogP contribution in [0.2, 0.25) is 10.0 Å². The number of hydrogen-bond donors (Lipinski definition) is 2. The highest BCUT2D eigenvalue weighted by atomic mass is 35.5. The molecule has 1 aliphatic rings. The smallest absolute Gasteiger partial charge is 0.0453 e. The van der Waals surface area contributed by atoms with Crippen LogP contribution in [0.5, 0.6) is 0 Å². The van der Waals surface area contributed by atoms with Gasteiger partial charge >= 0.3 is 0 Å². The van der Waals surface area contributed by atoms with Gasteiger partial charge in [0.15, 0.2) is 0 Å². The maximum atomic E-state index is 6.25. The summed E-state index contributed by atoms with van der Waals surface area (Å²) in [6, 6.07) is 6.25. The predicted octanol–water partition coefficient (Wildman–Crippen LogP) is 2.00. The number of halogens is 2. The van der Waals surface area contributed by atoms with Crippen LogP contribution in [0.15, 0.2) is 18.2 Å². The number of piperazine rings is 1. The quantitative estimate of drug-likeness (QED) is 0.640. The van der Waals surface area contributed by atoms with Crippen molar-refractivity contribution in [1.82, 2.24) is 15.2 Å². The molecular formula is C15H24Cl2N4. The molecule has 1 saturated heterocycles.